The third kappa shape index (κ3) is 6.03. The Bertz CT molecular complexity index is 1470. The van der Waals surface area contributed by atoms with Gasteiger partial charge in [0, 0.05) is 60.3 Å². The molecule has 0 saturated carbocycles. The Kier molecular flexibility index (Phi) is 7.30. The van der Waals surface area contributed by atoms with Gasteiger partial charge < -0.3 is 19.5 Å². The summed E-state index contributed by atoms with van der Waals surface area (Å²) < 4.78 is 13.1. The Morgan fingerprint density at radius 1 is 1.05 bits per heavy atom. The summed E-state index contributed by atoms with van der Waals surface area (Å²) in [5, 5.41) is 3.94. The smallest absolute Gasteiger partial charge is 0.407 e. The monoisotopic (exact) mass is 550 g/mol. The van der Waals surface area contributed by atoms with Crippen LogP contribution in [0.2, 0.25) is 5.02 Å². The van der Waals surface area contributed by atoms with Crippen molar-refractivity contribution in [2.45, 2.75) is 40.8 Å². The number of hydrogen-bond acceptors (Lipinski definition) is 6. The van der Waals surface area contributed by atoms with E-state index in [1.54, 1.807) is 41.4 Å². The van der Waals surface area contributed by atoms with Crippen LogP contribution in [0, 0.1) is 10.8 Å². The fraction of sp³-hybridized carbons (Fsp3) is 0.429. The van der Waals surface area contributed by atoms with Gasteiger partial charge in [0.15, 0.2) is 0 Å². The second-order valence-electron chi connectivity index (χ2n) is 12.0. The van der Waals surface area contributed by atoms with Gasteiger partial charge in [0.25, 0.3) is 11.5 Å². The van der Waals surface area contributed by atoms with Crippen LogP contribution in [0.3, 0.4) is 0 Å². The highest BCUT2D eigenvalue weighted by Crippen LogP contribution is 2.29. The van der Waals surface area contributed by atoms with E-state index in [0.717, 1.165) is 5.56 Å². The van der Waals surface area contributed by atoms with E-state index in [9.17, 15) is 14.4 Å². The summed E-state index contributed by atoms with van der Waals surface area (Å²) >= 11 is 5.95. The van der Waals surface area contributed by atoms with Gasteiger partial charge in [0.05, 0.1) is 0 Å². The normalized spacial score (nSPS) is 18.1. The lowest BCUT2D eigenvalue weighted by Crippen LogP contribution is -2.56. The molecule has 2 saturated heterocycles. The molecule has 204 valence electrons. The lowest BCUT2D eigenvalue weighted by Gasteiger charge is -2.45. The number of carbonyl (C=O) groups is 2. The molecule has 2 amide bonds. The van der Waals surface area contributed by atoms with Crippen molar-refractivity contribution in [3.63, 3.8) is 0 Å². The average molecular weight is 551 g/mol. The SMILES string of the molecule is CC1(C)COB(c2cnc3c(c2)cc(C(=O)NCc2ccc(Cl)cc2)c(=O)n3CC(=O)N2CC(C)(C)C2)OC1. The average Bonchev–Trinajstić information content (AvgIpc) is 2.87. The Hall–Kier alpha value is -3.21. The highest BCUT2D eigenvalue weighted by atomic mass is 35.5. The van der Waals surface area contributed by atoms with E-state index in [-0.39, 0.29) is 35.4 Å². The predicted molar refractivity (Wildman–Crippen MR) is 150 cm³/mol. The quantitative estimate of drug-likeness (QED) is 0.474. The number of rotatable bonds is 6. The topological polar surface area (TPSA) is 103 Å². The highest BCUT2D eigenvalue weighted by Gasteiger charge is 2.37. The maximum absolute atomic E-state index is 13.6. The minimum absolute atomic E-state index is 0.0494. The van der Waals surface area contributed by atoms with E-state index in [2.05, 4.69) is 38.0 Å². The molecule has 0 atom stereocenters. The van der Waals surface area contributed by atoms with Crippen LogP contribution in [-0.4, -0.2) is 59.7 Å². The second-order valence-corrected chi connectivity index (χ2v) is 12.4. The number of hydrogen-bond donors (Lipinski definition) is 1. The molecule has 0 unspecified atom stereocenters. The van der Waals surface area contributed by atoms with Crippen molar-refractivity contribution in [1.82, 2.24) is 19.8 Å². The zero-order valence-corrected chi connectivity index (χ0v) is 23.4. The summed E-state index contributed by atoms with van der Waals surface area (Å²) in [6, 6.07) is 10.4. The lowest BCUT2D eigenvalue weighted by molar-refractivity contribution is -0.142. The number of carbonyl (C=O) groups excluding carboxylic acids is 2. The molecule has 2 aromatic heterocycles. The first-order chi connectivity index (χ1) is 18.4. The van der Waals surface area contributed by atoms with Crippen LogP contribution in [0.15, 0.2) is 47.4 Å². The molecular formula is C28H32BClN4O5. The number of aromatic nitrogens is 2. The van der Waals surface area contributed by atoms with E-state index in [0.29, 0.717) is 47.8 Å². The van der Waals surface area contributed by atoms with Crippen molar-refractivity contribution in [2.24, 2.45) is 10.8 Å². The maximum atomic E-state index is 13.6. The minimum atomic E-state index is -0.609. The molecule has 3 aromatic rings. The van der Waals surface area contributed by atoms with Crippen LogP contribution in [-0.2, 0) is 27.2 Å². The Labute approximate surface area is 232 Å². The number of amides is 2. The van der Waals surface area contributed by atoms with E-state index < -0.39 is 18.6 Å². The van der Waals surface area contributed by atoms with Crippen molar-refractivity contribution < 1.29 is 18.9 Å². The first-order valence-corrected chi connectivity index (χ1v) is 13.4. The highest BCUT2D eigenvalue weighted by molar-refractivity contribution is 6.61. The molecule has 11 heteroatoms. The molecule has 0 spiro atoms. The molecule has 0 aliphatic carbocycles. The molecule has 9 nitrogen and oxygen atoms in total. The number of nitrogens with zero attached hydrogens (tertiary/aromatic N) is 3. The molecule has 1 aromatic carbocycles. The van der Waals surface area contributed by atoms with Crippen molar-refractivity contribution in [3.8, 4) is 0 Å². The minimum Gasteiger partial charge on any atom is -0.407 e. The number of pyridine rings is 2. The number of halogens is 1. The summed E-state index contributed by atoms with van der Waals surface area (Å²) in [5.41, 5.74) is 1.14. The molecule has 2 aliphatic heterocycles. The first kappa shape index (κ1) is 27.4. The third-order valence-corrected chi connectivity index (χ3v) is 7.22. The summed E-state index contributed by atoms with van der Waals surface area (Å²) in [6.07, 6.45) is 1.60. The molecule has 4 heterocycles. The molecule has 39 heavy (non-hydrogen) atoms. The fourth-order valence-corrected chi connectivity index (χ4v) is 5.01. The van der Waals surface area contributed by atoms with Gasteiger partial charge in [-0.1, -0.05) is 51.4 Å². The molecule has 0 radical (unpaired) electrons. The summed E-state index contributed by atoms with van der Waals surface area (Å²) in [6.45, 7) is 10.6. The molecule has 2 aliphatic rings. The van der Waals surface area contributed by atoms with Gasteiger partial charge in [-0.25, -0.2) is 4.98 Å². The predicted octanol–water partition coefficient (Wildman–Crippen LogP) is 2.62. The van der Waals surface area contributed by atoms with Gasteiger partial charge in [-0.3, -0.25) is 19.0 Å². The number of likely N-dealkylation sites (tertiary alicyclic amines) is 1. The van der Waals surface area contributed by atoms with E-state index >= 15 is 0 Å². The van der Waals surface area contributed by atoms with E-state index in [1.807, 2.05) is 0 Å². The van der Waals surface area contributed by atoms with Gasteiger partial charge in [0.2, 0.25) is 5.91 Å². The Balaban J connectivity index is 1.47. The standard InChI is InChI=1S/C28H32BClN4O5/c1-27(2)14-33(15-27)23(35)13-34-24-19(9-20(12-31-24)29-38-16-28(3,4)17-39-29)10-22(26(34)37)25(36)32-11-18-5-7-21(30)8-6-18/h5-10,12H,11,13-17H2,1-4H3,(H,32,36). The second kappa shape index (κ2) is 10.4. The van der Waals surface area contributed by atoms with Crippen molar-refractivity contribution in [1.29, 1.82) is 0 Å². The zero-order valence-electron chi connectivity index (χ0n) is 22.6. The van der Waals surface area contributed by atoms with Crippen molar-refractivity contribution in [2.75, 3.05) is 26.3 Å². The van der Waals surface area contributed by atoms with Gasteiger partial charge in [-0.2, -0.15) is 0 Å². The van der Waals surface area contributed by atoms with Gasteiger partial charge in [0.1, 0.15) is 17.8 Å². The first-order valence-electron chi connectivity index (χ1n) is 13.0. The van der Waals surface area contributed by atoms with Crippen LogP contribution < -0.4 is 16.3 Å². The number of benzene rings is 1. The van der Waals surface area contributed by atoms with Crippen LogP contribution in [0.5, 0.6) is 0 Å². The molecule has 0 bridgehead atoms. The fourth-order valence-electron chi connectivity index (χ4n) is 4.88. The van der Waals surface area contributed by atoms with Crippen molar-refractivity contribution in [3.05, 3.63) is 69.1 Å². The summed E-state index contributed by atoms with van der Waals surface area (Å²) in [5.74, 6) is -0.732. The summed E-state index contributed by atoms with van der Waals surface area (Å²) in [4.78, 5) is 46.1. The largest absolute Gasteiger partial charge is 0.495 e. The zero-order chi connectivity index (χ0) is 27.9. The molecule has 5 rings (SSSR count). The van der Waals surface area contributed by atoms with Crippen molar-refractivity contribution >= 4 is 47.0 Å². The van der Waals surface area contributed by atoms with Gasteiger partial charge in [-0.15, -0.1) is 0 Å². The third-order valence-electron chi connectivity index (χ3n) is 6.97. The van der Waals surface area contributed by atoms with Crippen LogP contribution >= 0.6 is 11.6 Å². The van der Waals surface area contributed by atoms with Crippen LogP contribution in [0.25, 0.3) is 11.0 Å². The van der Waals surface area contributed by atoms with E-state index in [4.69, 9.17) is 20.9 Å². The van der Waals surface area contributed by atoms with Gasteiger partial charge in [-0.05, 0) is 35.2 Å². The molecule has 1 N–H and O–H groups in total. The Morgan fingerprint density at radius 3 is 2.36 bits per heavy atom. The van der Waals surface area contributed by atoms with Crippen LogP contribution in [0.1, 0.15) is 43.6 Å². The molecule has 2 fully saturated rings. The molecular weight excluding hydrogens is 519 g/mol. The Morgan fingerprint density at radius 2 is 1.72 bits per heavy atom. The number of fused-ring (bicyclic) bond motifs is 1. The maximum Gasteiger partial charge on any atom is 0.495 e. The number of nitrogens with one attached hydrogen (secondary N) is 1. The lowest BCUT2D eigenvalue weighted by atomic mass is 9.76. The van der Waals surface area contributed by atoms with Gasteiger partial charge >= 0.3 is 7.12 Å². The van der Waals surface area contributed by atoms with E-state index in [1.165, 1.54) is 10.6 Å². The summed E-state index contributed by atoms with van der Waals surface area (Å²) in [7, 11) is -0.609. The van der Waals surface area contributed by atoms with Crippen LogP contribution in [0.4, 0.5) is 0 Å².